The number of rotatable bonds is 6. The van der Waals surface area contributed by atoms with Crippen LogP contribution in [-0.2, 0) is 23.8 Å². The molecule has 2 aromatic rings. The smallest absolute Gasteiger partial charge is 0.411 e. The van der Waals surface area contributed by atoms with Gasteiger partial charge in [-0.15, -0.1) is 0 Å². The molecule has 13 nitrogen and oxygen atoms in total. The fourth-order valence-corrected chi connectivity index (χ4v) is 4.98. The van der Waals surface area contributed by atoms with Gasteiger partial charge in [-0.05, 0) is 77.6 Å². The van der Waals surface area contributed by atoms with E-state index in [0.717, 1.165) is 27.7 Å². The molecule has 4 heterocycles. The summed E-state index contributed by atoms with van der Waals surface area (Å²) < 4.78 is 21.9. The summed E-state index contributed by atoms with van der Waals surface area (Å²) in [6, 6.07) is 2.58. The maximum atomic E-state index is 12.0. The van der Waals surface area contributed by atoms with E-state index >= 15 is 0 Å². The fourth-order valence-electron chi connectivity index (χ4n) is 4.28. The molecule has 2 fully saturated rings. The number of likely N-dealkylation sites (tertiary alicyclic amines) is 1. The van der Waals surface area contributed by atoms with E-state index < -0.39 is 23.7 Å². The van der Waals surface area contributed by atoms with Crippen molar-refractivity contribution in [2.45, 2.75) is 51.3 Å². The van der Waals surface area contributed by atoms with Gasteiger partial charge in [-0.2, -0.15) is 0 Å². The number of aromatic nitrogens is 2. The Morgan fingerprint density at radius 3 is 2.14 bits per heavy atom. The first-order valence-electron chi connectivity index (χ1n) is 13.8. The molecule has 15 heteroatoms. The summed E-state index contributed by atoms with van der Waals surface area (Å²) in [5.74, 6) is 0.429. The number of carbonyl (C=O) groups excluding carboxylic acids is 3. The van der Waals surface area contributed by atoms with Crippen LogP contribution in [0.4, 0.5) is 4.79 Å². The molecule has 1 amide bonds. The van der Waals surface area contributed by atoms with E-state index in [0.29, 0.717) is 25.5 Å². The second-order valence-electron chi connectivity index (χ2n) is 11.1. The van der Waals surface area contributed by atoms with Gasteiger partial charge in [0.05, 0.1) is 33.2 Å². The average molecular weight is 748 g/mol. The maximum Gasteiger partial charge on any atom is 0.411 e. The second kappa shape index (κ2) is 18.1. The molecule has 2 aliphatic rings. The van der Waals surface area contributed by atoms with Gasteiger partial charge in [-0.3, -0.25) is 19.7 Å². The molecule has 3 N–H and O–H groups in total. The second-order valence-corrected chi connectivity index (χ2v) is 12.9. The largest absolute Gasteiger partial charge is 0.506 e. The Balaban J connectivity index is 0.000000247. The van der Waals surface area contributed by atoms with E-state index in [1.165, 1.54) is 25.3 Å². The van der Waals surface area contributed by atoms with Gasteiger partial charge in [0.25, 0.3) is 0 Å². The zero-order valence-electron chi connectivity index (χ0n) is 25.4. The average Bonchev–Trinajstić information content (AvgIpc) is 3.63. The molecule has 2 aromatic heterocycles. The number of methoxy groups -OCH3 is 2. The first-order valence-corrected chi connectivity index (χ1v) is 15.4. The zero-order valence-corrected chi connectivity index (χ0v) is 28.5. The topological polar surface area (TPSA) is 170 Å². The van der Waals surface area contributed by atoms with Crippen molar-refractivity contribution >= 4 is 49.9 Å². The molecule has 2 saturated heterocycles. The Hall–Kier alpha value is -3.01. The third kappa shape index (κ3) is 12.9. The summed E-state index contributed by atoms with van der Waals surface area (Å²) in [5, 5.41) is 21.0. The number of aliphatic hydroxyl groups is 1. The van der Waals surface area contributed by atoms with Gasteiger partial charge >= 0.3 is 18.0 Å². The monoisotopic (exact) mass is 746 g/mol. The number of esters is 2. The Morgan fingerprint density at radius 1 is 0.977 bits per heavy atom. The van der Waals surface area contributed by atoms with Crippen LogP contribution in [-0.4, -0.2) is 101 Å². The number of hydrogen-bond acceptors (Lipinski definition) is 12. The number of carbonyl (C=O) groups is 3. The predicted molar refractivity (Wildman–Crippen MR) is 167 cm³/mol. The molecule has 0 aliphatic carbocycles. The molecular formula is C29H40Br2N4O9. The number of nitrogens with zero attached hydrogens (tertiary/aromatic N) is 3. The number of hydrogen-bond donors (Lipinski definition) is 3. The van der Waals surface area contributed by atoms with E-state index in [1.807, 2.05) is 6.07 Å². The van der Waals surface area contributed by atoms with E-state index in [-0.39, 0.29) is 30.3 Å². The van der Waals surface area contributed by atoms with E-state index in [4.69, 9.17) is 24.4 Å². The Kier molecular flexibility index (Phi) is 15.3. The van der Waals surface area contributed by atoms with Gasteiger partial charge < -0.3 is 34.5 Å². The molecule has 0 unspecified atom stereocenters. The number of nitrogens with one attached hydrogen (secondary N) is 1. The summed E-state index contributed by atoms with van der Waals surface area (Å²) in [6.07, 6.45) is 6.97. The molecule has 0 saturated carbocycles. The normalized spacial score (nSPS) is 20.8. The van der Waals surface area contributed by atoms with Gasteiger partial charge in [0.15, 0.2) is 0 Å². The van der Waals surface area contributed by atoms with Gasteiger partial charge in [0, 0.05) is 52.9 Å². The van der Waals surface area contributed by atoms with Crippen molar-refractivity contribution in [3.8, 4) is 11.5 Å². The summed E-state index contributed by atoms with van der Waals surface area (Å²) in [4.78, 5) is 43.9. The summed E-state index contributed by atoms with van der Waals surface area (Å²) in [6.45, 7) is 6.87. The fraction of sp³-hybridized carbons (Fsp3) is 0.552. The number of aliphatic hydroxyl groups excluding tert-OH is 1. The molecular weight excluding hydrogens is 708 g/mol. The molecule has 4 atom stereocenters. The van der Waals surface area contributed by atoms with Crippen molar-refractivity contribution < 1.29 is 43.5 Å². The number of ether oxygens (including phenoxy) is 4. The zero-order chi connectivity index (χ0) is 32.9. The lowest BCUT2D eigenvalue weighted by atomic mass is 10.1. The molecule has 0 aromatic carbocycles. The molecule has 2 aliphatic heterocycles. The first-order chi connectivity index (χ1) is 20.8. The van der Waals surface area contributed by atoms with Crippen molar-refractivity contribution in [1.82, 2.24) is 20.2 Å². The summed E-state index contributed by atoms with van der Waals surface area (Å²) in [7, 11) is 2.68. The van der Waals surface area contributed by atoms with Crippen LogP contribution in [0.3, 0.4) is 0 Å². The quantitative estimate of drug-likeness (QED) is 0.290. The number of pyridine rings is 2. The molecule has 0 radical (unpaired) electrons. The molecule has 4 rings (SSSR count). The van der Waals surface area contributed by atoms with Crippen LogP contribution in [0.5, 0.6) is 11.5 Å². The molecule has 44 heavy (non-hydrogen) atoms. The lowest BCUT2D eigenvalue weighted by Crippen LogP contribution is -2.43. The highest BCUT2D eigenvalue weighted by Crippen LogP contribution is 2.26. The van der Waals surface area contributed by atoms with Crippen molar-refractivity contribution in [2.75, 3.05) is 40.5 Å². The minimum absolute atomic E-state index is 0.0627. The number of aromatic hydroxyl groups is 1. The van der Waals surface area contributed by atoms with Gasteiger partial charge in [-0.25, -0.2) is 9.59 Å². The van der Waals surface area contributed by atoms with Crippen LogP contribution in [0.15, 0.2) is 45.9 Å². The lowest BCUT2D eigenvalue weighted by molar-refractivity contribution is -0.145. The van der Waals surface area contributed by atoms with Gasteiger partial charge in [0.2, 0.25) is 0 Å². The van der Waals surface area contributed by atoms with Crippen LogP contribution in [0, 0.1) is 11.8 Å². The van der Waals surface area contributed by atoms with Crippen LogP contribution in [0.1, 0.15) is 33.6 Å². The molecule has 0 spiro atoms. The standard InChI is InChI=1S/C12H15BrN2O3.C12H21NO5.C5H4BrNO/c1-17-12(16)11-2-8(4-15-11)7-18-10-3-9(13)5-14-6-10;1-12(2,3)18-11(16)13-6-8(7-14)5-9(13)10(15)17-4;6-4-1-5(8)3-7-2-4/h3,5-6,8,11,15H,2,4,7H2,1H3;8-9,14H,5-7H2,1-4H3;1-3,8H/t8-,11+;8-,9+;/m11./s1. The van der Waals surface area contributed by atoms with Crippen molar-refractivity contribution in [3.63, 3.8) is 0 Å². The molecule has 244 valence electrons. The van der Waals surface area contributed by atoms with Crippen molar-refractivity contribution in [2.24, 2.45) is 11.8 Å². The van der Waals surface area contributed by atoms with Gasteiger partial charge in [0.1, 0.15) is 29.2 Å². The Morgan fingerprint density at radius 2 is 1.61 bits per heavy atom. The predicted octanol–water partition coefficient (Wildman–Crippen LogP) is 3.70. The van der Waals surface area contributed by atoms with Crippen LogP contribution < -0.4 is 10.1 Å². The maximum absolute atomic E-state index is 12.0. The van der Waals surface area contributed by atoms with Gasteiger partial charge in [-0.1, -0.05) is 0 Å². The Labute approximate surface area is 273 Å². The van der Waals surface area contributed by atoms with E-state index in [9.17, 15) is 14.4 Å². The van der Waals surface area contributed by atoms with Crippen LogP contribution in [0.2, 0.25) is 0 Å². The van der Waals surface area contributed by atoms with Crippen LogP contribution >= 0.6 is 31.9 Å². The Bertz CT molecular complexity index is 1210. The first kappa shape index (κ1) is 37.2. The number of amides is 1. The van der Waals surface area contributed by atoms with Crippen LogP contribution in [0.25, 0.3) is 0 Å². The SMILES string of the molecule is COC(=O)[C@@H]1C[C@@H](CO)CN1C(=O)OC(C)(C)C.COC(=O)[C@@H]1C[C@@H](COc2cncc(Br)c2)CN1.Oc1cncc(Br)c1. The lowest BCUT2D eigenvalue weighted by Gasteiger charge is -2.27. The van der Waals surface area contributed by atoms with E-state index in [2.05, 4.69) is 51.9 Å². The minimum atomic E-state index is -0.665. The third-order valence-electron chi connectivity index (χ3n) is 6.31. The number of halogens is 2. The highest BCUT2D eigenvalue weighted by molar-refractivity contribution is 9.10. The minimum Gasteiger partial charge on any atom is -0.506 e. The van der Waals surface area contributed by atoms with E-state index in [1.54, 1.807) is 45.4 Å². The third-order valence-corrected chi connectivity index (χ3v) is 7.18. The summed E-state index contributed by atoms with van der Waals surface area (Å²) >= 11 is 6.48. The summed E-state index contributed by atoms with van der Waals surface area (Å²) in [5.41, 5.74) is -0.616. The highest BCUT2D eigenvalue weighted by Gasteiger charge is 2.41. The van der Waals surface area contributed by atoms with Crippen molar-refractivity contribution in [1.29, 1.82) is 0 Å². The van der Waals surface area contributed by atoms with Crippen molar-refractivity contribution in [3.05, 3.63) is 45.9 Å². The molecule has 0 bridgehead atoms. The highest BCUT2D eigenvalue weighted by atomic mass is 79.9.